The topological polar surface area (TPSA) is 35.6 Å². The Hall–Kier alpha value is -1.88. The van der Waals surface area contributed by atoms with Gasteiger partial charge in [0.05, 0.1) is 29.2 Å². The number of hydrogen-bond acceptors (Lipinski definition) is 2. The average molecular weight is 307 g/mol. The first-order valence-electron chi connectivity index (χ1n) is 6.84. The molecule has 110 valence electrons. The minimum Gasteiger partial charge on any atom is -0.322 e. The van der Waals surface area contributed by atoms with Crippen molar-refractivity contribution in [1.29, 1.82) is 0 Å². The third kappa shape index (κ3) is 2.53. The minimum atomic E-state index is -0.288. The van der Waals surface area contributed by atoms with E-state index >= 15 is 0 Å². The van der Waals surface area contributed by atoms with Crippen molar-refractivity contribution in [3.63, 3.8) is 0 Å². The average Bonchev–Trinajstić information content (AvgIpc) is 2.99. The summed E-state index contributed by atoms with van der Waals surface area (Å²) < 4.78 is 17.2. The van der Waals surface area contributed by atoms with Gasteiger partial charge in [-0.05, 0) is 18.6 Å². The zero-order valence-corrected chi connectivity index (χ0v) is 12.7. The standard InChI is InChI=1S/C15H16ClFN4/c1-3-12-10(8-20(2)19-12)9-21-14-5-4-11(17)6-13(14)18-15(21)7-16/h4-6,8H,3,7,9H2,1-2H3. The van der Waals surface area contributed by atoms with Gasteiger partial charge in [-0.3, -0.25) is 4.68 Å². The van der Waals surface area contributed by atoms with Crippen LogP contribution in [0.2, 0.25) is 0 Å². The molecule has 0 radical (unpaired) electrons. The van der Waals surface area contributed by atoms with Gasteiger partial charge in [-0.25, -0.2) is 9.37 Å². The predicted octanol–water partition coefficient (Wildman–Crippen LogP) is 3.26. The lowest BCUT2D eigenvalue weighted by atomic mass is 10.2. The zero-order chi connectivity index (χ0) is 15.0. The van der Waals surface area contributed by atoms with Gasteiger partial charge in [0.25, 0.3) is 0 Å². The van der Waals surface area contributed by atoms with Gasteiger partial charge in [0.1, 0.15) is 11.6 Å². The number of nitrogens with zero attached hydrogens (tertiary/aromatic N) is 4. The molecule has 0 saturated carbocycles. The quantitative estimate of drug-likeness (QED) is 0.694. The second kappa shape index (κ2) is 5.48. The van der Waals surface area contributed by atoms with Gasteiger partial charge in [0.15, 0.2) is 0 Å². The molecule has 0 atom stereocenters. The minimum absolute atomic E-state index is 0.288. The molecule has 0 aliphatic heterocycles. The van der Waals surface area contributed by atoms with E-state index in [-0.39, 0.29) is 11.7 Å². The van der Waals surface area contributed by atoms with Crippen molar-refractivity contribution in [3.8, 4) is 0 Å². The largest absolute Gasteiger partial charge is 0.322 e. The fourth-order valence-corrected chi connectivity index (χ4v) is 2.82. The van der Waals surface area contributed by atoms with Crippen LogP contribution in [0.3, 0.4) is 0 Å². The van der Waals surface area contributed by atoms with Crippen LogP contribution in [-0.4, -0.2) is 19.3 Å². The van der Waals surface area contributed by atoms with Crippen LogP contribution in [0, 0.1) is 5.82 Å². The first-order chi connectivity index (χ1) is 10.1. The summed E-state index contributed by atoms with van der Waals surface area (Å²) >= 11 is 5.99. The van der Waals surface area contributed by atoms with Crippen LogP contribution in [0.4, 0.5) is 4.39 Å². The highest BCUT2D eigenvalue weighted by Crippen LogP contribution is 2.21. The summed E-state index contributed by atoms with van der Waals surface area (Å²) in [6.45, 7) is 2.72. The number of aromatic nitrogens is 4. The van der Waals surface area contributed by atoms with Crippen molar-refractivity contribution in [3.05, 3.63) is 47.3 Å². The molecule has 6 heteroatoms. The van der Waals surface area contributed by atoms with E-state index in [1.54, 1.807) is 6.07 Å². The lowest BCUT2D eigenvalue weighted by Crippen LogP contribution is -2.05. The maximum Gasteiger partial charge on any atom is 0.125 e. The molecular weight excluding hydrogens is 291 g/mol. The molecule has 2 aromatic heterocycles. The van der Waals surface area contributed by atoms with E-state index in [0.29, 0.717) is 12.1 Å². The van der Waals surface area contributed by atoms with Gasteiger partial charge in [-0.15, -0.1) is 11.6 Å². The summed E-state index contributed by atoms with van der Waals surface area (Å²) in [7, 11) is 1.91. The van der Waals surface area contributed by atoms with Gasteiger partial charge >= 0.3 is 0 Å². The van der Waals surface area contributed by atoms with Crippen LogP contribution in [0.5, 0.6) is 0 Å². The lowest BCUT2D eigenvalue weighted by molar-refractivity contribution is 0.629. The number of hydrogen-bond donors (Lipinski definition) is 0. The van der Waals surface area contributed by atoms with Gasteiger partial charge in [-0.2, -0.15) is 5.10 Å². The van der Waals surface area contributed by atoms with Gasteiger partial charge in [0.2, 0.25) is 0 Å². The fraction of sp³-hybridized carbons (Fsp3) is 0.333. The van der Waals surface area contributed by atoms with E-state index in [1.165, 1.54) is 12.1 Å². The molecule has 2 heterocycles. The third-order valence-electron chi connectivity index (χ3n) is 3.56. The van der Waals surface area contributed by atoms with Gasteiger partial charge < -0.3 is 4.57 Å². The Labute approximate surface area is 127 Å². The Balaban J connectivity index is 2.10. The second-order valence-corrected chi connectivity index (χ2v) is 5.28. The maximum absolute atomic E-state index is 13.3. The Bertz CT molecular complexity index is 790. The maximum atomic E-state index is 13.3. The second-order valence-electron chi connectivity index (χ2n) is 5.01. The number of aryl methyl sites for hydroxylation is 2. The van der Waals surface area contributed by atoms with E-state index in [1.807, 2.05) is 22.5 Å². The van der Waals surface area contributed by atoms with E-state index in [2.05, 4.69) is 17.0 Å². The monoisotopic (exact) mass is 306 g/mol. The number of benzene rings is 1. The van der Waals surface area contributed by atoms with Crippen LogP contribution >= 0.6 is 11.6 Å². The molecule has 0 aliphatic rings. The van der Waals surface area contributed by atoms with Crippen molar-refractivity contribution in [2.45, 2.75) is 25.8 Å². The number of fused-ring (bicyclic) bond motifs is 1. The molecule has 1 aromatic carbocycles. The van der Waals surface area contributed by atoms with Crippen molar-refractivity contribution < 1.29 is 4.39 Å². The number of imidazole rings is 1. The lowest BCUT2D eigenvalue weighted by Gasteiger charge is -2.07. The summed E-state index contributed by atoms with van der Waals surface area (Å²) in [5.74, 6) is 0.741. The van der Waals surface area contributed by atoms with Gasteiger partial charge in [-0.1, -0.05) is 6.92 Å². The highest BCUT2D eigenvalue weighted by Gasteiger charge is 2.14. The SMILES string of the molecule is CCc1nn(C)cc1Cn1c(CCl)nc2cc(F)ccc21. The molecule has 0 spiro atoms. The van der Waals surface area contributed by atoms with Crippen molar-refractivity contribution in [2.24, 2.45) is 7.05 Å². The summed E-state index contributed by atoms with van der Waals surface area (Å²) in [6, 6.07) is 4.63. The molecule has 3 rings (SSSR count). The Morgan fingerprint density at radius 1 is 1.33 bits per heavy atom. The molecule has 0 saturated heterocycles. The molecule has 21 heavy (non-hydrogen) atoms. The number of alkyl halides is 1. The normalized spacial score (nSPS) is 11.4. The van der Waals surface area contributed by atoms with Crippen LogP contribution in [0.15, 0.2) is 24.4 Å². The Kier molecular flexibility index (Phi) is 3.68. The van der Waals surface area contributed by atoms with E-state index in [9.17, 15) is 4.39 Å². The molecule has 4 nitrogen and oxygen atoms in total. The highest BCUT2D eigenvalue weighted by atomic mass is 35.5. The predicted molar refractivity (Wildman–Crippen MR) is 80.9 cm³/mol. The molecular formula is C15H16ClFN4. The fourth-order valence-electron chi connectivity index (χ4n) is 2.61. The summed E-state index contributed by atoms with van der Waals surface area (Å²) in [6.07, 6.45) is 2.87. The van der Waals surface area contributed by atoms with Crippen LogP contribution in [0.1, 0.15) is 24.0 Å². The van der Waals surface area contributed by atoms with Crippen molar-refractivity contribution in [1.82, 2.24) is 19.3 Å². The third-order valence-corrected chi connectivity index (χ3v) is 3.80. The van der Waals surface area contributed by atoms with Gasteiger partial charge in [0, 0.05) is 24.9 Å². The summed E-state index contributed by atoms with van der Waals surface area (Å²) in [4.78, 5) is 4.41. The number of rotatable bonds is 4. The van der Waals surface area contributed by atoms with Crippen LogP contribution in [0.25, 0.3) is 11.0 Å². The van der Waals surface area contributed by atoms with Crippen molar-refractivity contribution >= 4 is 22.6 Å². The zero-order valence-electron chi connectivity index (χ0n) is 12.0. The van der Waals surface area contributed by atoms with E-state index < -0.39 is 0 Å². The molecule has 0 N–H and O–H groups in total. The highest BCUT2D eigenvalue weighted by molar-refractivity contribution is 6.16. The summed E-state index contributed by atoms with van der Waals surface area (Å²) in [5, 5.41) is 4.45. The smallest absolute Gasteiger partial charge is 0.125 e. The first kappa shape index (κ1) is 14.1. The Morgan fingerprint density at radius 2 is 2.14 bits per heavy atom. The summed E-state index contributed by atoms with van der Waals surface area (Å²) in [5.41, 5.74) is 3.71. The van der Waals surface area contributed by atoms with E-state index in [0.717, 1.165) is 29.0 Å². The number of halogens is 2. The van der Waals surface area contributed by atoms with Crippen LogP contribution in [-0.2, 0) is 25.9 Å². The van der Waals surface area contributed by atoms with Crippen molar-refractivity contribution in [2.75, 3.05) is 0 Å². The van der Waals surface area contributed by atoms with Crippen LogP contribution < -0.4 is 0 Å². The Morgan fingerprint density at radius 3 is 2.86 bits per heavy atom. The molecule has 0 bridgehead atoms. The first-order valence-corrected chi connectivity index (χ1v) is 7.37. The molecule has 3 aromatic rings. The molecule has 0 amide bonds. The molecule has 0 unspecified atom stereocenters. The molecule has 0 fully saturated rings. The van der Waals surface area contributed by atoms with E-state index in [4.69, 9.17) is 11.6 Å². The molecule has 0 aliphatic carbocycles.